The van der Waals surface area contributed by atoms with Gasteiger partial charge in [-0.1, -0.05) is 17.7 Å². The molecule has 0 aliphatic heterocycles. The second-order valence-electron chi connectivity index (χ2n) is 5.46. The van der Waals surface area contributed by atoms with E-state index in [9.17, 15) is 4.79 Å². The first-order chi connectivity index (χ1) is 11.0. The third-order valence-corrected chi connectivity index (χ3v) is 3.68. The first-order valence-corrected chi connectivity index (χ1v) is 7.75. The van der Waals surface area contributed by atoms with Crippen molar-refractivity contribution in [3.8, 4) is 5.75 Å². The molecule has 1 heterocycles. The van der Waals surface area contributed by atoms with Gasteiger partial charge in [-0.05, 0) is 51.4 Å². The second-order valence-corrected chi connectivity index (χ2v) is 5.89. The maximum atomic E-state index is 12.2. The number of ether oxygens (including phenoxy) is 1. The van der Waals surface area contributed by atoms with Crippen LogP contribution in [-0.2, 0) is 4.79 Å². The maximum absolute atomic E-state index is 12.2. The number of halogens is 1. The van der Waals surface area contributed by atoms with Gasteiger partial charge in [-0.2, -0.15) is 0 Å². The van der Waals surface area contributed by atoms with Crippen molar-refractivity contribution < 1.29 is 13.9 Å². The van der Waals surface area contributed by atoms with Crippen molar-refractivity contribution in [2.45, 2.75) is 19.1 Å². The monoisotopic (exact) mass is 336 g/mol. The minimum atomic E-state index is -0.618. The molecule has 124 valence electrons. The van der Waals surface area contributed by atoms with Gasteiger partial charge in [-0.15, -0.1) is 0 Å². The highest BCUT2D eigenvalue weighted by molar-refractivity contribution is 6.30. The second kappa shape index (κ2) is 8.04. The lowest BCUT2D eigenvalue weighted by atomic mass is 10.2. The van der Waals surface area contributed by atoms with Gasteiger partial charge in [0.25, 0.3) is 5.91 Å². The molecular formula is C17H21ClN2O3. The van der Waals surface area contributed by atoms with Gasteiger partial charge >= 0.3 is 0 Å². The topological polar surface area (TPSA) is 54.7 Å². The molecule has 0 aliphatic carbocycles. The summed E-state index contributed by atoms with van der Waals surface area (Å²) in [6, 6.07) is 10.7. The molecule has 0 aliphatic rings. The molecule has 0 fully saturated rings. The molecule has 0 radical (unpaired) electrons. The van der Waals surface area contributed by atoms with E-state index in [1.165, 1.54) is 0 Å². The molecule has 0 spiro atoms. The summed E-state index contributed by atoms with van der Waals surface area (Å²) in [5.41, 5.74) is 0. The minimum absolute atomic E-state index is 0.0349. The van der Waals surface area contributed by atoms with Crippen LogP contribution in [-0.4, -0.2) is 37.6 Å². The quantitative estimate of drug-likeness (QED) is 0.844. The summed E-state index contributed by atoms with van der Waals surface area (Å²) in [6.07, 6.45) is 1.01. The number of carbonyl (C=O) groups is 1. The SMILES string of the molecule is C[C@H](Oc1cccc(Cl)c1)C(=O)NC[C@H](c1ccco1)N(C)C. The van der Waals surface area contributed by atoms with Crippen LogP contribution in [0.1, 0.15) is 18.7 Å². The molecule has 1 aromatic heterocycles. The Bertz CT molecular complexity index is 629. The standard InChI is InChI=1S/C17H21ClN2O3/c1-12(23-14-7-4-6-13(18)10-14)17(21)19-11-15(20(2)3)16-8-5-9-22-16/h4-10,12,15H,11H2,1-3H3,(H,19,21)/t12-,15+/m0/s1. The molecule has 1 aromatic carbocycles. The van der Waals surface area contributed by atoms with E-state index in [-0.39, 0.29) is 11.9 Å². The van der Waals surface area contributed by atoms with E-state index < -0.39 is 6.10 Å². The fraction of sp³-hybridized carbons (Fsp3) is 0.353. The first-order valence-electron chi connectivity index (χ1n) is 7.37. The van der Waals surface area contributed by atoms with Crippen LogP contribution in [0.3, 0.4) is 0 Å². The van der Waals surface area contributed by atoms with Crippen molar-refractivity contribution in [2.24, 2.45) is 0 Å². The van der Waals surface area contributed by atoms with Gasteiger partial charge in [0.2, 0.25) is 0 Å². The zero-order valence-electron chi connectivity index (χ0n) is 13.5. The number of amides is 1. The number of rotatable bonds is 7. The Hall–Kier alpha value is -1.98. The number of hydrogen-bond donors (Lipinski definition) is 1. The number of furan rings is 1. The zero-order valence-corrected chi connectivity index (χ0v) is 14.2. The summed E-state index contributed by atoms with van der Waals surface area (Å²) in [4.78, 5) is 14.2. The summed E-state index contributed by atoms with van der Waals surface area (Å²) in [5, 5.41) is 3.46. The molecule has 0 bridgehead atoms. The van der Waals surface area contributed by atoms with Crippen molar-refractivity contribution in [3.05, 3.63) is 53.4 Å². The Morgan fingerprint density at radius 3 is 2.74 bits per heavy atom. The molecule has 0 saturated heterocycles. The Balaban J connectivity index is 1.90. The van der Waals surface area contributed by atoms with Crippen LogP contribution in [0.15, 0.2) is 47.1 Å². The largest absolute Gasteiger partial charge is 0.481 e. The van der Waals surface area contributed by atoms with Crippen LogP contribution < -0.4 is 10.1 Å². The average Bonchev–Trinajstić information content (AvgIpc) is 3.01. The number of hydrogen-bond acceptors (Lipinski definition) is 4. The van der Waals surface area contributed by atoms with Gasteiger partial charge in [0, 0.05) is 11.6 Å². The van der Waals surface area contributed by atoms with E-state index >= 15 is 0 Å². The van der Waals surface area contributed by atoms with Crippen LogP contribution in [0.5, 0.6) is 5.75 Å². The van der Waals surface area contributed by atoms with E-state index in [4.69, 9.17) is 20.8 Å². The average molecular weight is 337 g/mol. The molecule has 5 nitrogen and oxygen atoms in total. The Morgan fingerprint density at radius 1 is 1.35 bits per heavy atom. The number of likely N-dealkylation sites (N-methyl/N-ethyl adjacent to an activating group) is 1. The molecule has 0 saturated carbocycles. The van der Waals surface area contributed by atoms with Crippen LogP contribution in [0.25, 0.3) is 0 Å². The van der Waals surface area contributed by atoms with Gasteiger partial charge < -0.3 is 14.5 Å². The molecular weight excluding hydrogens is 316 g/mol. The Kier molecular flexibility index (Phi) is 6.07. The molecule has 2 aromatic rings. The van der Waals surface area contributed by atoms with E-state index in [0.717, 1.165) is 5.76 Å². The van der Waals surface area contributed by atoms with Gasteiger partial charge in [-0.25, -0.2) is 0 Å². The molecule has 23 heavy (non-hydrogen) atoms. The van der Waals surface area contributed by atoms with Crippen molar-refractivity contribution in [3.63, 3.8) is 0 Å². The zero-order chi connectivity index (χ0) is 16.8. The highest BCUT2D eigenvalue weighted by Gasteiger charge is 2.20. The molecule has 1 amide bonds. The predicted octanol–water partition coefficient (Wildman–Crippen LogP) is 3.12. The number of carbonyl (C=O) groups excluding carboxylic acids is 1. The molecule has 2 atom stereocenters. The van der Waals surface area contributed by atoms with E-state index in [2.05, 4.69) is 5.32 Å². The maximum Gasteiger partial charge on any atom is 0.260 e. The van der Waals surface area contributed by atoms with Gasteiger partial charge in [0.1, 0.15) is 11.5 Å². The summed E-state index contributed by atoms with van der Waals surface area (Å²) < 4.78 is 11.0. The smallest absolute Gasteiger partial charge is 0.260 e. The molecule has 0 unspecified atom stereocenters. The van der Waals surface area contributed by atoms with Crippen molar-refractivity contribution in [2.75, 3.05) is 20.6 Å². The van der Waals surface area contributed by atoms with Crippen molar-refractivity contribution in [1.29, 1.82) is 0 Å². The predicted molar refractivity (Wildman–Crippen MR) is 89.7 cm³/mol. The highest BCUT2D eigenvalue weighted by Crippen LogP contribution is 2.19. The van der Waals surface area contributed by atoms with E-state index in [0.29, 0.717) is 17.3 Å². The van der Waals surface area contributed by atoms with E-state index in [1.807, 2.05) is 31.1 Å². The Labute approximate surface area is 141 Å². The normalized spacial score (nSPS) is 13.6. The number of nitrogens with zero attached hydrogens (tertiary/aromatic N) is 1. The lowest BCUT2D eigenvalue weighted by Crippen LogP contribution is -2.40. The van der Waals surface area contributed by atoms with Crippen LogP contribution >= 0.6 is 11.6 Å². The summed E-state index contributed by atoms with van der Waals surface area (Å²) >= 11 is 5.91. The van der Waals surface area contributed by atoms with Gasteiger partial charge in [-0.3, -0.25) is 9.69 Å². The summed E-state index contributed by atoms with van der Waals surface area (Å²) in [7, 11) is 3.87. The lowest BCUT2D eigenvalue weighted by molar-refractivity contribution is -0.127. The number of nitrogens with one attached hydrogen (secondary N) is 1. The molecule has 2 rings (SSSR count). The first kappa shape index (κ1) is 17.4. The summed E-state index contributed by atoms with van der Waals surface area (Å²) in [6.45, 7) is 2.14. The third-order valence-electron chi connectivity index (χ3n) is 3.44. The van der Waals surface area contributed by atoms with Crippen molar-refractivity contribution >= 4 is 17.5 Å². The lowest BCUT2D eigenvalue weighted by Gasteiger charge is -2.23. The van der Waals surface area contributed by atoms with Crippen LogP contribution in [0.4, 0.5) is 0 Å². The number of benzene rings is 1. The Morgan fingerprint density at radius 2 is 2.13 bits per heavy atom. The fourth-order valence-corrected chi connectivity index (χ4v) is 2.34. The summed E-state index contributed by atoms with van der Waals surface area (Å²) in [5.74, 6) is 1.18. The van der Waals surface area contributed by atoms with Crippen LogP contribution in [0, 0.1) is 0 Å². The minimum Gasteiger partial charge on any atom is -0.481 e. The van der Waals surface area contributed by atoms with Gasteiger partial charge in [0.15, 0.2) is 6.10 Å². The van der Waals surface area contributed by atoms with Gasteiger partial charge in [0.05, 0.1) is 12.3 Å². The van der Waals surface area contributed by atoms with Crippen LogP contribution in [0.2, 0.25) is 5.02 Å². The van der Waals surface area contributed by atoms with E-state index in [1.54, 1.807) is 37.5 Å². The highest BCUT2D eigenvalue weighted by atomic mass is 35.5. The molecule has 6 heteroatoms. The third kappa shape index (κ3) is 5.01. The fourth-order valence-electron chi connectivity index (χ4n) is 2.16. The van der Waals surface area contributed by atoms with Crippen molar-refractivity contribution in [1.82, 2.24) is 10.2 Å². The molecule has 1 N–H and O–H groups in total.